The van der Waals surface area contributed by atoms with Crippen molar-refractivity contribution in [2.75, 3.05) is 32.1 Å². The minimum atomic E-state index is -0.776. The smallest absolute Gasteiger partial charge is 0.355 e. The number of nitrogens with one attached hydrogen (secondary N) is 2. The molecule has 2 N–H and O–H groups in total. The van der Waals surface area contributed by atoms with Crippen LogP contribution in [0.5, 0.6) is 0 Å². The number of amides is 2. The van der Waals surface area contributed by atoms with Crippen molar-refractivity contribution in [3.05, 3.63) is 52.3 Å². The molecule has 9 nitrogen and oxygen atoms in total. The average Bonchev–Trinajstić information content (AvgIpc) is 3.01. The monoisotopic (exact) mass is 429 g/mol. The number of aromatic nitrogens is 1. The van der Waals surface area contributed by atoms with Gasteiger partial charge in [-0.2, -0.15) is 0 Å². The van der Waals surface area contributed by atoms with Crippen LogP contribution in [0.15, 0.2) is 24.3 Å². The van der Waals surface area contributed by atoms with Gasteiger partial charge in [-0.1, -0.05) is 17.7 Å². The zero-order valence-electron chi connectivity index (χ0n) is 18.3. The lowest BCUT2D eigenvalue weighted by Crippen LogP contribution is -2.37. The predicted molar refractivity (Wildman–Crippen MR) is 114 cm³/mol. The Kier molecular flexibility index (Phi) is 7.95. The van der Waals surface area contributed by atoms with E-state index >= 15 is 0 Å². The summed E-state index contributed by atoms with van der Waals surface area (Å²) in [5.74, 6) is -2.23. The second-order valence-electron chi connectivity index (χ2n) is 7.09. The van der Waals surface area contributed by atoms with Gasteiger partial charge in [0.05, 0.1) is 18.7 Å². The number of carbonyl (C=O) groups excluding carboxylic acids is 4. The molecule has 1 aromatic carbocycles. The molecule has 0 aliphatic carbocycles. The molecule has 0 saturated heterocycles. The molecule has 1 aromatic heterocycles. The summed E-state index contributed by atoms with van der Waals surface area (Å²) in [6, 6.07) is 7.26. The number of hydrogen-bond acceptors (Lipinski definition) is 6. The number of hydrogen-bond donors (Lipinski definition) is 2. The molecule has 0 radical (unpaired) electrons. The Morgan fingerprint density at radius 3 is 2.26 bits per heavy atom. The van der Waals surface area contributed by atoms with Crippen LogP contribution < -0.4 is 5.32 Å². The fraction of sp³-hybridized carbons (Fsp3) is 0.364. The zero-order chi connectivity index (χ0) is 23.1. The number of nitrogens with zero attached hydrogens (tertiary/aromatic N) is 1. The molecule has 9 heteroatoms. The SMILES string of the molecule is CCOC(=O)c1c(C)[nH]c(C(=O)OCC(=O)N(C)CC(=O)Nc2ccc(C)cc2)c1C. The van der Waals surface area contributed by atoms with Gasteiger partial charge in [-0.05, 0) is 45.4 Å². The molecular formula is C22H27N3O6. The van der Waals surface area contributed by atoms with Crippen LogP contribution in [0.2, 0.25) is 0 Å². The first-order valence-corrected chi connectivity index (χ1v) is 9.77. The molecule has 31 heavy (non-hydrogen) atoms. The summed E-state index contributed by atoms with van der Waals surface area (Å²) < 4.78 is 10.1. The molecule has 166 valence electrons. The van der Waals surface area contributed by atoms with Crippen molar-refractivity contribution in [3.63, 3.8) is 0 Å². The van der Waals surface area contributed by atoms with Crippen molar-refractivity contribution in [1.82, 2.24) is 9.88 Å². The second kappa shape index (κ2) is 10.4. The Hall–Kier alpha value is -3.62. The summed E-state index contributed by atoms with van der Waals surface area (Å²) >= 11 is 0. The first-order valence-electron chi connectivity index (χ1n) is 9.77. The summed E-state index contributed by atoms with van der Waals surface area (Å²) in [5.41, 5.74) is 2.89. The van der Waals surface area contributed by atoms with Gasteiger partial charge in [0.1, 0.15) is 5.69 Å². The van der Waals surface area contributed by atoms with Crippen LogP contribution in [0.4, 0.5) is 5.69 Å². The highest BCUT2D eigenvalue weighted by molar-refractivity contribution is 5.99. The standard InChI is InChI=1S/C22H27N3O6/c1-6-30-21(28)19-14(3)20(23-15(19)4)22(29)31-12-18(27)25(5)11-17(26)24-16-9-7-13(2)8-10-16/h7-10,23H,6,11-12H2,1-5H3,(H,24,26). The van der Waals surface area contributed by atoms with Crippen LogP contribution in [0.25, 0.3) is 0 Å². The maximum atomic E-state index is 12.4. The Labute approximate surface area is 180 Å². The van der Waals surface area contributed by atoms with E-state index in [2.05, 4.69) is 10.3 Å². The molecule has 0 aliphatic heterocycles. The third-order valence-electron chi connectivity index (χ3n) is 4.59. The van der Waals surface area contributed by atoms with Crippen molar-refractivity contribution >= 4 is 29.4 Å². The number of benzene rings is 1. The molecule has 1 heterocycles. The number of aromatic amines is 1. The van der Waals surface area contributed by atoms with E-state index in [-0.39, 0.29) is 30.3 Å². The summed E-state index contributed by atoms with van der Waals surface area (Å²) in [7, 11) is 1.44. The first kappa shape index (κ1) is 23.7. The van der Waals surface area contributed by atoms with Crippen molar-refractivity contribution < 1.29 is 28.7 Å². The third-order valence-corrected chi connectivity index (χ3v) is 4.59. The zero-order valence-corrected chi connectivity index (χ0v) is 18.3. The van der Waals surface area contributed by atoms with E-state index < -0.39 is 24.5 Å². The van der Waals surface area contributed by atoms with Crippen LogP contribution in [0.1, 0.15) is 44.6 Å². The van der Waals surface area contributed by atoms with Crippen molar-refractivity contribution in [2.45, 2.75) is 27.7 Å². The Balaban J connectivity index is 1.90. The summed E-state index contributed by atoms with van der Waals surface area (Å²) in [5, 5.41) is 2.69. The van der Waals surface area contributed by atoms with Crippen molar-refractivity contribution in [2.24, 2.45) is 0 Å². The number of H-pyrrole nitrogens is 1. The molecule has 2 rings (SSSR count). The molecule has 0 unspecified atom stereocenters. The molecular weight excluding hydrogens is 402 g/mol. The highest BCUT2D eigenvalue weighted by atomic mass is 16.5. The number of ether oxygens (including phenoxy) is 2. The maximum absolute atomic E-state index is 12.4. The lowest BCUT2D eigenvalue weighted by Gasteiger charge is -2.16. The van der Waals surface area contributed by atoms with Gasteiger partial charge in [0.2, 0.25) is 5.91 Å². The fourth-order valence-corrected chi connectivity index (χ4v) is 2.91. The molecule has 0 fully saturated rings. The quantitative estimate of drug-likeness (QED) is 0.622. The van der Waals surface area contributed by atoms with Gasteiger partial charge in [0.15, 0.2) is 6.61 Å². The van der Waals surface area contributed by atoms with Gasteiger partial charge in [-0.15, -0.1) is 0 Å². The van der Waals surface area contributed by atoms with Crippen molar-refractivity contribution in [1.29, 1.82) is 0 Å². The van der Waals surface area contributed by atoms with Crippen LogP contribution in [0.3, 0.4) is 0 Å². The number of carbonyl (C=O) groups is 4. The summed E-state index contributed by atoms with van der Waals surface area (Å²) in [6.07, 6.45) is 0. The van der Waals surface area contributed by atoms with E-state index in [1.807, 2.05) is 19.1 Å². The number of anilines is 1. The predicted octanol–water partition coefficient (Wildman–Crippen LogP) is 2.37. The van der Waals surface area contributed by atoms with E-state index in [1.165, 1.54) is 7.05 Å². The normalized spacial score (nSPS) is 10.4. The Morgan fingerprint density at radius 2 is 1.65 bits per heavy atom. The fourth-order valence-electron chi connectivity index (χ4n) is 2.91. The highest BCUT2D eigenvalue weighted by Gasteiger charge is 2.24. The number of esters is 2. The first-order chi connectivity index (χ1) is 14.6. The van der Waals surface area contributed by atoms with E-state index in [0.717, 1.165) is 10.5 Å². The lowest BCUT2D eigenvalue weighted by atomic mass is 10.1. The van der Waals surface area contributed by atoms with E-state index in [4.69, 9.17) is 9.47 Å². The topological polar surface area (TPSA) is 118 Å². The minimum absolute atomic E-state index is 0.0770. The van der Waals surface area contributed by atoms with Gasteiger partial charge in [-0.3, -0.25) is 9.59 Å². The van der Waals surface area contributed by atoms with E-state index in [0.29, 0.717) is 16.9 Å². The van der Waals surface area contributed by atoms with Crippen LogP contribution in [-0.4, -0.2) is 60.4 Å². The number of likely N-dealkylation sites (N-methyl/N-ethyl adjacent to an activating group) is 1. The highest BCUT2D eigenvalue weighted by Crippen LogP contribution is 2.20. The molecule has 0 saturated carbocycles. The number of rotatable bonds is 8. The van der Waals surface area contributed by atoms with Gasteiger partial charge in [0, 0.05) is 18.4 Å². The van der Waals surface area contributed by atoms with Gasteiger partial charge in [0.25, 0.3) is 5.91 Å². The van der Waals surface area contributed by atoms with E-state index in [9.17, 15) is 19.2 Å². The Bertz CT molecular complexity index is 978. The molecule has 0 atom stereocenters. The van der Waals surface area contributed by atoms with Crippen LogP contribution in [-0.2, 0) is 19.1 Å². The average molecular weight is 429 g/mol. The molecule has 2 aromatic rings. The van der Waals surface area contributed by atoms with Crippen molar-refractivity contribution in [3.8, 4) is 0 Å². The van der Waals surface area contributed by atoms with E-state index in [1.54, 1.807) is 32.9 Å². The van der Waals surface area contributed by atoms with Crippen LogP contribution in [0, 0.1) is 20.8 Å². The van der Waals surface area contributed by atoms with Gasteiger partial charge >= 0.3 is 11.9 Å². The molecule has 2 amide bonds. The molecule has 0 aliphatic rings. The number of aryl methyl sites for hydroxylation is 2. The third kappa shape index (κ3) is 6.18. The maximum Gasteiger partial charge on any atom is 0.355 e. The van der Waals surface area contributed by atoms with Gasteiger partial charge < -0.3 is 24.7 Å². The second-order valence-corrected chi connectivity index (χ2v) is 7.09. The lowest BCUT2D eigenvalue weighted by molar-refractivity contribution is -0.136. The molecule has 0 spiro atoms. The Morgan fingerprint density at radius 1 is 1.00 bits per heavy atom. The minimum Gasteiger partial charge on any atom is -0.462 e. The largest absolute Gasteiger partial charge is 0.462 e. The van der Waals surface area contributed by atoms with Crippen LogP contribution >= 0.6 is 0 Å². The summed E-state index contributed by atoms with van der Waals surface area (Å²) in [4.78, 5) is 52.7. The molecule has 0 bridgehead atoms. The van der Waals surface area contributed by atoms with Gasteiger partial charge in [-0.25, -0.2) is 9.59 Å². The summed E-state index contributed by atoms with van der Waals surface area (Å²) in [6.45, 7) is 6.33.